The van der Waals surface area contributed by atoms with Crippen molar-refractivity contribution in [3.05, 3.63) is 119 Å². The lowest BCUT2D eigenvalue weighted by molar-refractivity contribution is 0.676. The van der Waals surface area contributed by atoms with E-state index in [0.29, 0.717) is 0 Å². The molecule has 2 aliphatic rings. The molecule has 1 heteroatoms. The van der Waals surface area contributed by atoms with Crippen LogP contribution in [0.25, 0.3) is 10.8 Å². The summed E-state index contributed by atoms with van der Waals surface area (Å²) in [4.78, 5) is 0. The van der Waals surface area contributed by atoms with Crippen LogP contribution in [0.4, 0.5) is 0 Å². The predicted octanol–water partition coefficient (Wildman–Crippen LogP) is 6.92. The molecule has 2 aromatic carbocycles. The summed E-state index contributed by atoms with van der Waals surface area (Å²) >= 11 is 0. The second kappa shape index (κ2) is 8.13. The summed E-state index contributed by atoms with van der Waals surface area (Å²) in [6, 6.07) is 15.3. The summed E-state index contributed by atoms with van der Waals surface area (Å²) in [5, 5.41) is 6.01. The molecule has 0 heterocycles. The first kappa shape index (κ1) is 19.3. The van der Waals surface area contributed by atoms with E-state index in [0.717, 1.165) is 12.8 Å². The van der Waals surface area contributed by atoms with Gasteiger partial charge >= 0.3 is 0 Å². The minimum Gasteiger partial charge on any atom is -0.388 e. The van der Waals surface area contributed by atoms with Crippen LogP contribution in [-0.4, -0.2) is 7.05 Å². The zero-order valence-electron chi connectivity index (χ0n) is 17.6. The van der Waals surface area contributed by atoms with Crippen LogP contribution in [0.1, 0.15) is 32.3 Å². The Bertz CT molecular complexity index is 1090. The highest BCUT2D eigenvalue weighted by Gasteiger charge is 2.20. The third-order valence-electron chi connectivity index (χ3n) is 5.88. The maximum absolute atomic E-state index is 3.37. The van der Waals surface area contributed by atoms with Gasteiger partial charge in [0.1, 0.15) is 0 Å². The predicted molar refractivity (Wildman–Crippen MR) is 126 cm³/mol. The van der Waals surface area contributed by atoms with Crippen molar-refractivity contribution in [2.45, 2.75) is 32.1 Å². The van der Waals surface area contributed by atoms with Crippen molar-refractivity contribution in [2.24, 2.45) is 0 Å². The number of benzene rings is 2. The highest BCUT2D eigenvalue weighted by Crippen LogP contribution is 2.33. The van der Waals surface area contributed by atoms with Gasteiger partial charge in [-0.05, 0) is 52.0 Å². The van der Waals surface area contributed by atoms with Gasteiger partial charge in [-0.15, -0.1) is 0 Å². The zero-order chi connectivity index (χ0) is 20.3. The summed E-state index contributed by atoms with van der Waals surface area (Å²) in [5.41, 5.74) is 6.54. The van der Waals surface area contributed by atoms with Crippen molar-refractivity contribution in [3.63, 3.8) is 0 Å². The second-order valence-corrected chi connectivity index (χ2v) is 8.30. The lowest BCUT2D eigenvalue weighted by atomic mass is 9.81. The number of hydrogen-bond acceptors (Lipinski definition) is 1. The molecule has 0 aromatic heterocycles. The number of likely N-dealkylation sites (N-methyl/N-ethyl adjacent to an activating group) is 1. The Kier molecular flexibility index (Phi) is 5.40. The van der Waals surface area contributed by atoms with E-state index in [-0.39, 0.29) is 5.41 Å². The minimum atomic E-state index is -0.0466. The van der Waals surface area contributed by atoms with Gasteiger partial charge in [-0.3, -0.25) is 0 Å². The summed E-state index contributed by atoms with van der Waals surface area (Å²) in [5.74, 6) is 0. The standard InChI is InChI=1S/C28H29N/c1-28(2,26-17-9-14-22-10-6-7-16-25(22)26)19-18-21-13-8-15-24(21)20-27(29-3)23-11-4-5-12-23/h4-11,14-20,29H,12-13H2,1-3H3/b19-18+,27-20-. The molecule has 0 fully saturated rings. The number of hydrogen-bond donors (Lipinski definition) is 1. The van der Waals surface area contributed by atoms with Gasteiger partial charge in [-0.1, -0.05) is 98.8 Å². The van der Waals surface area contributed by atoms with Gasteiger partial charge < -0.3 is 5.32 Å². The molecule has 29 heavy (non-hydrogen) atoms. The van der Waals surface area contributed by atoms with Gasteiger partial charge in [0.25, 0.3) is 0 Å². The molecule has 0 saturated heterocycles. The molecule has 0 spiro atoms. The average molecular weight is 380 g/mol. The molecular formula is C28H29N. The van der Waals surface area contributed by atoms with Crippen molar-refractivity contribution >= 4 is 10.8 Å². The summed E-state index contributed by atoms with van der Waals surface area (Å²) in [6.45, 7) is 4.61. The highest BCUT2D eigenvalue weighted by atomic mass is 14.8. The van der Waals surface area contributed by atoms with Crippen molar-refractivity contribution < 1.29 is 0 Å². The maximum atomic E-state index is 3.37. The molecule has 4 rings (SSSR count). The van der Waals surface area contributed by atoms with Crippen LogP contribution in [0.15, 0.2) is 113 Å². The first-order valence-corrected chi connectivity index (χ1v) is 10.4. The summed E-state index contributed by atoms with van der Waals surface area (Å²) < 4.78 is 0. The zero-order valence-corrected chi connectivity index (χ0v) is 17.6. The van der Waals surface area contributed by atoms with Crippen LogP contribution in [-0.2, 0) is 5.41 Å². The third-order valence-corrected chi connectivity index (χ3v) is 5.88. The van der Waals surface area contributed by atoms with E-state index in [9.17, 15) is 0 Å². The monoisotopic (exact) mass is 379 g/mol. The van der Waals surface area contributed by atoms with E-state index < -0.39 is 0 Å². The van der Waals surface area contributed by atoms with E-state index >= 15 is 0 Å². The molecule has 146 valence electrons. The Balaban J connectivity index is 1.65. The average Bonchev–Trinajstić information content (AvgIpc) is 3.42. The fourth-order valence-electron chi connectivity index (χ4n) is 4.16. The smallest absolute Gasteiger partial charge is 0.0379 e. The van der Waals surface area contributed by atoms with Crippen LogP contribution in [0.3, 0.4) is 0 Å². The largest absolute Gasteiger partial charge is 0.388 e. The lowest BCUT2D eigenvalue weighted by Crippen LogP contribution is -2.14. The van der Waals surface area contributed by atoms with Gasteiger partial charge in [0.05, 0.1) is 0 Å². The van der Waals surface area contributed by atoms with Gasteiger partial charge in [0.2, 0.25) is 0 Å². The SMILES string of the molecule is CN/C(=C\C1=C(/C=C/C(C)(C)c2cccc3ccccc23)CC=C1)C1=CC=CC1. The number of allylic oxidation sites excluding steroid dienone is 11. The van der Waals surface area contributed by atoms with E-state index in [2.05, 4.69) is 110 Å². The van der Waals surface area contributed by atoms with Crippen LogP contribution < -0.4 is 5.32 Å². The molecule has 2 aromatic rings. The van der Waals surface area contributed by atoms with E-state index in [1.165, 1.54) is 38.8 Å². The van der Waals surface area contributed by atoms with Gasteiger partial charge in [0.15, 0.2) is 0 Å². The molecule has 0 bridgehead atoms. The molecule has 2 aliphatic carbocycles. The molecule has 0 saturated carbocycles. The second-order valence-electron chi connectivity index (χ2n) is 8.30. The van der Waals surface area contributed by atoms with Crippen molar-refractivity contribution in [2.75, 3.05) is 7.05 Å². The minimum absolute atomic E-state index is 0.0466. The molecule has 0 atom stereocenters. The Labute approximate surface area is 174 Å². The Morgan fingerprint density at radius 2 is 1.83 bits per heavy atom. The number of rotatable bonds is 6. The summed E-state index contributed by atoms with van der Waals surface area (Å²) in [6.07, 6.45) is 20.0. The van der Waals surface area contributed by atoms with E-state index in [1.54, 1.807) is 0 Å². The molecule has 0 amide bonds. The highest BCUT2D eigenvalue weighted by molar-refractivity contribution is 5.86. The topological polar surface area (TPSA) is 12.0 Å². The van der Waals surface area contributed by atoms with Crippen LogP contribution in [0.5, 0.6) is 0 Å². The first-order chi connectivity index (χ1) is 14.1. The van der Waals surface area contributed by atoms with Crippen molar-refractivity contribution in [1.29, 1.82) is 0 Å². The molecular weight excluding hydrogens is 350 g/mol. The fraction of sp³-hybridized carbons (Fsp3) is 0.214. The van der Waals surface area contributed by atoms with E-state index in [4.69, 9.17) is 0 Å². The normalized spacial score (nSPS) is 17.1. The molecule has 0 radical (unpaired) electrons. The van der Waals surface area contributed by atoms with Crippen molar-refractivity contribution in [3.8, 4) is 0 Å². The van der Waals surface area contributed by atoms with Crippen LogP contribution in [0.2, 0.25) is 0 Å². The molecule has 1 N–H and O–H groups in total. The quantitative estimate of drug-likeness (QED) is 0.574. The van der Waals surface area contributed by atoms with Gasteiger partial charge in [-0.25, -0.2) is 0 Å². The summed E-state index contributed by atoms with van der Waals surface area (Å²) in [7, 11) is 2.00. The van der Waals surface area contributed by atoms with Gasteiger partial charge in [-0.2, -0.15) is 0 Å². The van der Waals surface area contributed by atoms with Crippen LogP contribution >= 0.6 is 0 Å². The number of nitrogens with one attached hydrogen (secondary N) is 1. The Morgan fingerprint density at radius 1 is 1.00 bits per heavy atom. The fourth-order valence-corrected chi connectivity index (χ4v) is 4.16. The van der Waals surface area contributed by atoms with Crippen LogP contribution in [0, 0.1) is 0 Å². The first-order valence-electron chi connectivity index (χ1n) is 10.4. The lowest BCUT2D eigenvalue weighted by Gasteiger charge is -2.23. The molecule has 0 aliphatic heterocycles. The van der Waals surface area contributed by atoms with Crippen molar-refractivity contribution in [1.82, 2.24) is 5.32 Å². The molecule has 0 unspecified atom stereocenters. The van der Waals surface area contributed by atoms with E-state index in [1.807, 2.05) is 7.05 Å². The maximum Gasteiger partial charge on any atom is 0.0379 e. The number of fused-ring (bicyclic) bond motifs is 1. The van der Waals surface area contributed by atoms with Gasteiger partial charge in [0, 0.05) is 18.2 Å². The Morgan fingerprint density at radius 3 is 2.62 bits per heavy atom. The molecule has 1 nitrogen and oxygen atoms in total. The third kappa shape index (κ3) is 4.05. The Hall–Kier alpha value is -3.06.